The first-order chi connectivity index (χ1) is 28.4. The highest BCUT2D eigenvalue weighted by atomic mass is 16.6. The lowest BCUT2D eigenvalue weighted by molar-refractivity contribution is 0.00304. The first kappa shape index (κ1) is 46.0. The molecule has 14 nitrogen and oxygen atoms in total. The molecule has 0 aromatic heterocycles. The van der Waals surface area contributed by atoms with Gasteiger partial charge in [-0.1, -0.05) is 0 Å². The van der Waals surface area contributed by atoms with E-state index in [2.05, 4.69) is 0 Å². The second-order valence-electron chi connectivity index (χ2n) is 13.4. The zero-order valence-electron chi connectivity index (χ0n) is 35.0. The summed E-state index contributed by atoms with van der Waals surface area (Å²) in [6.45, 7) is 9.36. The summed E-state index contributed by atoms with van der Waals surface area (Å²) in [6, 6.07) is 12.5. The van der Waals surface area contributed by atoms with Crippen LogP contribution >= 0.6 is 0 Å². The molecule has 4 aromatic rings. The molecule has 14 heteroatoms. The van der Waals surface area contributed by atoms with E-state index in [0.29, 0.717) is 126 Å². The van der Waals surface area contributed by atoms with Crippen LogP contribution in [-0.2, 0) is 23.7 Å². The molecule has 0 aliphatic carbocycles. The van der Waals surface area contributed by atoms with E-state index >= 15 is 0 Å². The number of hydrogen-bond donors (Lipinski definition) is 2. The number of benzene rings is 4. The van der Waals surface area contributed by atoms with Gasteiger partial charge in [0.25, 0.3) is 0 Å². The van der Waals surface area contributed by atoms with Crippen molar-refractivity contribution < 1.29 is 67.2 Å². The van der Waals surface area contributed by atoms with E-state index in [4.69, 9.17) is 42.6 Å². The van der Waals surface area contributed by atoms with Gasteiger partial charge < -0.3 is 52.8 Å². The summed E-state index contributed by atoms with van der Waals surface area (Å²) in [4.78, 5) is 37.9. The van der Waals surface area contributed by atoms with Crippen molar-refractivity contribution in [3.8, 4) is 56.4 Å². The number of hydrogen-bond acceptors (Lipinski definition) is 12. The van der Waals surface area contributed by atoms with Crippen molar-refractivity contribution in [2.75, 3.05) is 88.4 Å². The van der Waals surface area contributed by atoms with E-state index in [-0.39, 0.29) is 29.0 Å². The fourth-order valence-electron chi connectivity index (χ4n) is 6.99. The number of aromatic carboxylic acids is 2. The van der Waals surface area contributed by atoms with Gasteiger partial charge in [-0.2, -0.15) is 0 Å². The third-order valence-electron chi connectivity index (χ3n) is 9.77. The van der Waals surface area contributed by atoms with Crippen LogP contribution in [0, 0.1) is 20.8 Å². The summed E-state index contributed by atoms with van der Waals surface area (Å²) in [5.74, 6) is -1.42. The SMILES string of the molecule is COCCOCCOCCOCCCCOc1cc(OC)c(-c2c(C)c(-c3cc(C(=O)O)ccc3OC)c(C)c(-c3cc(C(=O)O)ccc3OC)c2C)cc1C(=O)OC. The summed E-state index contributed by atoms with van der Waals surface area (Å²) < 4.78 is 50.4. The zero-order valence-corrected chi connectivity index (χ0v) is 35.0. The highest BCUT2D eigenvalue weighted by Crippen LogP contribution is 2.50. The molecular weight excluding hydrogens is 764 g/mol. The molecule has 0 saturated heterocycles. The predicted molar refractivity (Wildman–Crippen MR) is 221 cm³/mol. The average molecular weight is 819 g/mol. The number of carbonyl (C=O) groups is 3. The number of rotatable bonds is 24. The Morgan fingerprint density at radius 2 is 0.915 bits per heavy atom. The zero-order chi connectivity index (χ0) is 43.1. The standard InChI is InChI=1S/C45H54O14/c1-27-40(32-23-30(43(46)47)11-13-36(32)52-5)28(2)42(29(3)41(27)33-24-31(44(48)49)12-14-37(33)53-6)34-25-35(45(50)55-8)39(26-38(34)54-7)59-16-10-9-15-56-19-20-58-22-21-57-18-17-51-4/h11-14,23-26H,9-10,15-22H2,1-8H3,(H,46,47)(H,48,49). The summed E-state index contributed by atoms with van der Waals surface area (Å²) in [5, 5.41) is 20.0. The average Bonchev–Trinajstić information content (AvgIpc) is 3.23. The van der Waals surface area contributed by atoms with Crippen LogP contribution < -0.4 is 18.9 Å². The number of carbonyl (C=O) groups excluding carboxylic acids is 1. The normalized spacial score (nSPS) is 11.0. The summed E-state index contributed by atoms with van der Waals surface area (Å²) in [5.41, 5.74) is 5.75. The maximum absolute atomic E-state index is 13.4. The molecule has 4 aromatic carbocycles. The Morgan fingerprint density at radius 1 is 0.492 bits per heavy atom. The lowest BCUT2D eigenvalue weighted by atomic mass is 9.79. The van der Waals surface area contributed by atoms with Crippen molar-refractivity contribution in [3.05, 3.63) is 81.9 Å². The van der Waals surface area contributed by atoms with Crippen LogP contribution in [0.5, 0.6) is 23.0 Å². The maximum atomic E-state index is 13.4. The van der Waals surface area contributed by atoms with Gasteiger partial charge in [0, 0.05) is 36.5 Å². The van der Waals surface area contributed by atoms with Gasteiger partial charge >= 0.3 is 17.9 Å². The van der Waals surface area contributed by atoms with Gasteiger partial charge in [0.2, 0.25) is 0 Å². The van der Waals surface area contributed by atoms with Crippen molar-refractivity contribution in [3.63, 3.8) is 0 Å². The molecule has 0 radical (unpaired) electrons. The van der Waals surface area contributed by atoms with E-state index in [1.54, 1.807) is 43.5 Å². The molecule has 0 heterocycles. The molecule has 0 spiro atoms. The van der Waals surface area contributed by atoms with Gasteiger partial charge in [-0.15, -0.1) is 0 Å². The highest BCUT2D eigenvalue weighted by Gasteiger charge is 2.28. The van der Waals surface area contributed by atoms with Gasteiger partial charge in [-0.05, 0) is 109 Å². The Labute approximate surface area is 344 Å². The molecule has 2 N–H and O–H groups in total. The topological polar surface area (TPSA) is 175 Å². The second kappa shape index (κ2) is 22.5. The molecular formula is C45H54O14. The largest absolute Gasteiger partial charge is 0.496 e. The van der Waals surface area contributed by atoms with Crippen LogP contribution in [0.4, 0.5) is 0 Å². The van der Waals surface area contributed by atoms with Gasteiger partial charge in [-0.3, -0.25) is 0 Å². The molecule has 0 amide bonds. The van der Waals surface area contributed by atoms with Crippen molar-refractivity contribution in [2.45, 2.75) is 33.6 Å². The Morgan fingerprint density at radius 3 is 1.34 bits per heavy atom. The lowest BCUT2D eigenvalue weighted by Crippen LogP contribution is -2.12. The molecule has 0 atom stereocenters. The second-order valence-corrected chi connectivity index (χ2v) is 13.4. The number of carboxylic acid groups (broad SMARTS) is 2. The van der Waals surface area contributed by atoms with Crippen molar-refractivity contribution >= 4 is 17.9 Å². The molecule has 0 saturated carbocycles. The summed E-state index contributed by atoms with van der Waals surface area (Å²) in [7, 11) is 7.41. The van der Waals surface area contributed by atoms with Crippen LogP contribution in [-0.4, -0.2) is 117 Å². The van der Waals surface area contributed by atoms with Gasteiger partial charge in [-0.25, -0.2) is 14.4 Å². The molecule has 0 aliphatic heterocycles. The maximum Gasteiger partial charge on any atom is 0.341 e. The number of esters is 1. The van der Waals surface area contributed by atoms with E-state index in [1.807, 2.05) is 20.8 Å². The number of carboxylic acids is 2. The molecule has 4 rings (SSSR count). The molecule has 318 valence electrons. The Balaban J connectivity index is 1.77. The number of ether oxygens (including phenoxy) is 9. The third-order valence-corrected chi connectivity index (χ3v) is 9.77. The Hall–Kier alpha value is -5.67. The van der Waals surface area contributed by atoms with Crippen LogP contribution in [0.1, 0.15) is 60.6 Å². The fourth-order valence-corrected chi connectivity index (χ4v) is 6.99. The summed E-state index contributed by atoms with van der Waals surface area (Å²) in [6.07, 6.45) is 1.34. The Kier molecular flexibility index (Phi) is 17.5. The quantitative estimate of drug-likeness (QED) is 0.0520. The first-order valence-corrected chi connectivity index (χ1v) is 19.1. The number of unbranched alkanes of at least 4 members (excludes halogenated alkanes) is 1. The van der Waals surface area contributed by atoms with E-state index in [9.17, 15) is 24.6 Å². The Bertz CT molecular complexity index is 2000. The molecule has 0 bridgehead atoms. The minimum atomic E-state index is -1.12. The van der Waals surface area contributed by atoms with E-state index < -0.39 is 17.9 Å². The predicted octanol–water partition coefficient (Wildman–Crippen LogP) is 7.68. The van der Waals surface area contributed by atoms with Crippen LogP contribution in [0.25, 0.3) is 33.4 Å². The molecule has 0 unspecified atom stereocenters. The monoisotopic (exact) mass is 818 g/mol. The van der Waals surface area contributed by atoms with Gasteiger partial charge in [0.15, 0.2) is 0 Å². The van der Waals surface area contributed by atoms with E-state index in [0.717, 1.165) is 0 Å². The van der Waals surface area contributed by atoms with Crippen molar-refractivity contribution in [1.82, 2.24) is 0 Å². The van der Waals surface area contributed by atoms with Crippen molar-refractivity contribution in [1.29, 1.82) is 0 Å². The lowest BCUT2D eigenvalue weighted by Gasteiger charge is -2.26. The smallest absolute Gasteiger partial charge is 0.341 e. The van der Waals surface area contributed by atoms with Gasteiger partial charge in [0.1, 0.15) is 28.6 Å². The van der Waals surface area contributed by atoms with E-state index in [1.165, 1.54) is 40.6 Å². The van der Waals surface area contributed by atoms with Crippen molar-refractivity contribution in [2.24, 2.45) is 0 Å². The van der Waals surface area contributed by atoms with Crippen LogP contribution in [0.15, 0.2) is 48.5 Å². The molecule has 0 aliphatic rings. The fraction of sp³-hybridized carbons (Fsp3) is 0.400. The van der Waals surface area contributed by atoms with Crippen LogP contribution in [0.3, 0.4) is 0 Å². The summed E-state index contributed by atoms with van der Waals surface area (Å²) >= 11 is 0. The molecule has 59 heavy (non-hydrogen) atoms. The minimum absolute atomic E-state index is 0.0388. The first-order valence-electron chi connectivity index (χ1n) is 19.1. The number of methoxy groups -OCH3 is 5. The minimum Gasteiger partial charge on any atom is -0.496 e. The highest BCUT2D eigenvalue weighted by molar-refractivity contribution is 6.00. The molecule has 0 fully saturated rings. The third kappa shape index (κ3) is 11.3. The van der Waals surface area contributed by atoms with Gasteiger partial charge in [0.05, 0.1) is 85.8 Å². The van der Waals surface area contributed by atoms with Crippen LogP contribution in [0.2, 0.25) is 0 Å².